The van der Waals surface area contributed by atoms with E-state index >= 15 is 0 Å². The van der Waals surface area contributed by atoms with Gasteiger partial charge in [0.1, 0.15) is 17.3 Å². The molecule has 2 aromatic carbocycles. The van der Waals surface area contributed by atoms with E-state index in [-0.39, 0.29) is 5.82 Å². The third-order valence-corrected chi connectivity index (χ3v) is 4.80. The first-order valence-corrected chi connectivity index (χ1v) is 8.44. The SMILES string of the molecule is Cc1cc(N2CCCCC2(C)OCc2ccc(F)cc2)ccc1O. The number of rotatable bonds is 4. The van der Waals surface area contributed by atoms with Gasteiger partial charge in [0.25, 0.3) is 0 Å². The number of benzene rings is 2. The van der Waals surface area contributed by atoms with Crippen molar-refractivity contribution in [2.75, 3.05) is 11.4 Å². The molecule has 0 spiro atoms. The fourth-order valence-corrected chi connectivity index (χ4v) is 3.27. The van der Waals surface area contributed by atoms with Crippen LogP contribution in [0.1, 0.15) is 37.3 Å². The van der Waals surface area contributed by atoms with Crippen LogP contribution in [0, 0.1) is 12.7 Å². The highest BCUT2D eigenvalue weighted by atomic mass is 19.1. The quantitative estimate of drug-likeness (QED) is 0.877. The molecule has 0 saturated carbocycles. The Hall–Kier alpha value is -2.07. The summed E-state index contributed by atoms with van der Waals surface area (Å²) in [5.74, 6) is 0.0773. The zero-order chi connectivity index (χ0) is 17.2. The molecule has 1 aliphatic heterocycles. The van der Waals surface area contributed by atoms with Gasteiger partial charge in [0.15, 0.2) is 0 Å². The second-order valence-electron chi connectivity index (χ2n) is 6.67. The van der Waals surface area contributed by atoms with Gasteiger partial charge < -0.3 is 14.7 Å². The van der Waals surface area contributed by atoms with Crippen molar-refractivity contribution in [2.24, 2.45) is 0 Å². The van der Waals surface area contributed by atoms with Gasteiger partial charge in [-0.15, -0.1) is 0 Å². The lowest BCUT2D eigenvalue weighted by Crippen LogP contribution is -2.51. The molecule has 1 heterocycles. The van der Waals surface area contributed by atoms with Crippen LogP contribution >= 0.6 is 0 Å². The molecule has 3 nitrogen and oxygen atoms in total. The number of nitrogens with zero attached hydrogens (tertiary/aromatic N) is 1. The number of anilines is 1. The maximum absolute atomic E-state index is 13.0. The highest BCUT2D eigenvalue weighted by Gasteiger charge is 2.35. The Balaban J connectivity index is 1.79. The van der Waals surface area contributed by atoms with Crippen LogP contribution in [0.25, 0.3) is 0 Å². The normalized spacial score (nSPS) is 21.0. The van der Waals surface area contributed by atoms with Gasteiger partial charge in [-0.2, -0.15) is 0 Å². The molecule has 128 valence electrons. The average Bonchev–Trinajstić information content (AvgIpc) is 2.57. The van der Waals surface area contributed by atoms with Crippen LogP contribution in [-0.2, 0) is 11.3 Å². The van der Waals surface area contributed by atoms with Gasteiger partial charge in [0.2, 0.25) is 0 Å². The summed E-state index contributed by atoms with van der Waals surface area (Å²) < 4.78 is 19.3. The van der Waals surface area contributed by atoms with Crippen molar-refractivity contribution < 1.29 is 14.2 Å². The fraction of sp³-hybridized carbons (Fsp3) is 0.400. The molecular formula is C20H24FNO2. The molecular weight excluding hydrogens is 305 g/mol. The van der Waals surface area contributed by atoms with Gasteiger partial charge in [-0.05, 0) is 74.6 Å². The lowest BCUT2D eigenvalue weighted by atomic mass is 9.98. The van der Waals surface area contributed by atoms with Crippen LogP contribution in [0.5, 0.6) is 5.75 Å². The lowest BCUT2D eigenvalue weighted by Gasteiger charge is -2.46. The number of phenols is 1. The second-order valence-corrected chi connectivity index (χ2v) is 6.67. The molecule has 0 aromatic heterocycles. The summed E-state index contributed by atoms with van der Waals surface area (Å²) in [7, 11) is 0. The fourth-order valence-electron chi connectivity index (χ4n) is 3.27. The van der Waals surface area contributed by atoms with Gasteiger partial charge in [0, 0.05) is 12.2 Å². The maximum atomic E-state index is 13.0. The van der Waals surface area contributed by atoms with Crippen molar-refractivity contribution in [1.82, 2.24) is 0 Å². The van der Waals surface area contributed by atoms with E-state index in [9.17, 15) is 9.50 Å². The first-order valence-electron chi connectivity index (χ1n) is 8.44. The number of halogens is 1. The van der Waals surface area contributed by atoms with Crippen LogP contribution < -0.4 is 4.90 Å². The molecule has 1 N–H and O–H groups in total. The van der Waals surface area contributed by atoms with Crippen molar-refractivity contribution in [3.05, 3.63) is 59.4 Å². The Morgan fingerprint density at radius 3 is 2.62 bits per heavy atom. The summed E-state index contributed by atoms with van der Waals surface area (Å²) >= 11 is 0. The highest BCUT2D eigenvalue weighted by molar-refractivity contribution is 5.54. The molecule has 0 aliphatic carbocycles. The minimum absolute atomic E-state index is 0.233. The van der Waals surface area contributed by atoms with E-state index in [1.54, 1.807) is 18.2 Å². The number of phenolic OH excluding ortho intramolecular Hbond substituents is 1. The van der Waals surface area contributed by atoms with E-state index < -0.39 is 5.72 Å². The van der Waals surface area contributed by atoms with Crippen molar-refractivity contribution in [3.8, 4) is 5.75 Å². The molecule has 4 heteroatoms. The average molecular weight is 329 g/mol. The number of piperidine rings is 1. The largest absolute Gasteiger partial charge is 0.508 e. The number of ether oxygens (including phenoxy) is 1. The van der Waals surface area contributed by atoms with Crippen LogP contribution in [0.4, 0.5) is 10.1 Å². The van der Waals surface area contributed by atoms with Gasteiger partial charge in [-0.1, -0.05) is 12.1 Å². The van der Waals surface area contributed by atoms with Crippen molar-refractivity contribution >= 4 is 5.69 Å². The van der Waals surface area contributed by atoms with E-state index in [2.05, 4.69) is 11.8 Å². The van der Waals surface area contributed by atoms with Gasteiger partial charge >= 0.3 is 0 Å². The monoisotopic (exact) mass is 329 g/mol. The third-order valence-electron chi connectivity index (χ3n) is 4.80. The van der Waals surface area contributed by atoms with Crippen LogP contribution in [-0.4, -0.2) is 17.4 Å². The molecule has 1 aliphatic rings. The van der Waals surface area contributed by atoms with E-state index in [1.165, 1.54) is 12.1 Å². The molecule has 0 amide bonds. The lowest BCUT2D eigenvalue weighted by molar-refractivity contribution is -0.0602. The molecule has 1 fully saturated rings. The summed E-state index contributed by atoms with van der Waals surface area (Å²) in [6, 6.07) is 12.1. The predicted octanol–water partition coefficient (Wildman–Crippen LogP) is 4.76. The molecule has 3 rings (SSSR count). The summed E-state index contributed by atoms with van der Waals surface area (Å²) in [4.78, 5) is 2.27. The van der Waals surface area contributed by atoms with E-state index in [1.807, 2.05) is 19.1 Å². The Morgan fingerprint density at radius 1 is 1.17 bits per heavy atom. The van der Waals surface area contributed by atoms with Crippen LogP contribution in [0.3, 0.4) is 0 Å². The standard InChI is InChI=1S/C20H24FNO2/c1-15-13-18(9-10-19(15)23)22-12-4-3-11-20(22,2)24-14-16-5-7-17(21)8-6-16/h5-10,13,23H,3-4,11-12,14H2,1-2H3. The Bertz CT molecular complexity index is 701. The predicted molar refractivity (Wildman–Crippen MR) is 93.6 cm³/mol. The smallest absolute Gasteiger partial charge is 0.138 e. The number of aryl methyl sites for hydroxylation is 1. The van der Waals surface area contributed by atoms with Crippen LogP contribution in [0.15, 0.2) is 42.5 Å². The van der Waals surface area contributed by atoms with Gasteiger partial charge in [-0.25, -0.2) is 4.39 Å². The topological polar surface area (TPSA) is 32.7 Å². The Labute approximate surface area is 142 Å². The number of aromatic hydroxyl groups is 1. The maximum Gasteiger partial charge on any atom is 0.138 e. The molecule has 1 atom stereocenters. The van der Waals surface area contributed by atoms with Gasteiger partial charge in [-0.3, -0.25) is 0 Å². The highest BCUT2D eigenvalue weighted by Crippen LogP contribution is 2.36. The molecule has 0 bridgehead atoms. The zero-order valence-corrected chi connectivity index (χ0v) is 14.3. The summed E-state index contributed by atoms with van der Waals surface area (Å²) in [6.07, 6.45) is 3.18. The number of hydrogen-bond acceptors (Lipinski definition) is 3. The first kappa shape index (κ1) is 16.8. The molecule has 24 heavy (non-hydrogen) atoms. The minimum Gasteiger partial charge on any atom is -0.508 e. The van der Waals surface area contributed by atoms with E-state index in [0.717, 1.165) is 42.6 Å². The summed E-state index contributed by atoms with van der Waals surface area (Å²) in [5, 5.41) is 9.77. The second kappa shape index (κ2) is 6.81. The first-order chi connectivity index (χ1) is 11.5. The number of hydrogen-bond donors (Lipinski definition) is 1. The van der Waals surface area contributed by atoms with E-state index in [4.69, 9.17) is 4.74 Å². The summed E-state index contributed by atoms with van der Waals surface area (Å²) in [5.41, 5.74) is 2.48. The van der Waals surface area contributed by atoms with Crippen molar-refractivity contribution in [2.45, 2.75) is 45.4 Å². The minimum atomic E-state index is -0.407. The Kier molecular flexibility index (Phi) is 4.76. The molecule has 0 radical (unpaired) electrons. The molecule has 1 saturated heterocycles. The molecule has 1 unspecified atom stereocenters. The van der Waals surface area contributed by atoms with E-state index in [0.29, 0.717) is 12.4 Å². The zero-order valence-electron chi connectivity index (χ0n) is 14.3. The van der Waals surface area contributed by atoms with Crippen LogP contribution in [0.2, 0.25) is 0 Å². The van der Waals surface area contributed by atoms with Crippen molar-refractivity contribution in [3.63, 3.8) is 0 Å². The Morgan fingerprint density at radius 2 is 1.92 bits per heavy atom. The summed E-state index contributed by atoms with van der Waals surface area (Å²) in [6.45, 7) is 5.38. The van der Waals surface area contributed by atoms with Gasteiger partial charge in [0.05, 0.1) is 6.61 Å². The molecule has 2 aromatic rings. The third kappa shape index (κ3) is 3.54. The van der Waals surface area contributed by atoms with Crippen molar-refractivity contribution in [1.29, 1.82) is 0 Å².